The topological polar surface area (TPSA) is 12.0 Å². The second-order valence-corrected chi connectivity index (χ2v) is 7.00. The maximum Gasteiger partial charge on any atom is 0.0438 e. The summed E-state index contributed by atoms with van der Waals surface area (Å²) in [6, 6.07) is 15.1. The molecule has 1 N–H and O–H groups in total. The largest absolute Gasteiger partial charge is 0.316 e. The molecule has 0 saturated carbocycles. The number of halogens is 2. The van der Waals surface area contributed by atoms with Gasteiger partial charge in [-0.1, -0.05) is 57.9 Å². The molecule has 1 saturated heterocycles. The molecule has 0 amide bonds. The summed E-state index contributed by atoms with van der Waals surface area (Å²) >= 11 is 10.0. The lowest BCUT2D eigenvalue weighted by Gasteiger charge is -2.33. The van der Waals surface area contributed by atoms with E-state index < -0.39 is 0 Å². The van der Waals surface area contributed by atoms with Crippen LogP contribution in [0.2, 0.25) is 5.02 Å². The van der Waals surface area contributed by atoms with Gasteiger partial charge in [0.1, 0.15) is 0 Å². The molecule has 1 fully saturated rings. The summed E-state index contributed by atoms with van der Waals surface area (Å²) in [6.45, 7) is 4.13. The van der Waals surface area contributed by atoms with Gasteiger partial charge in [0.25, 0.3) is 0 Å². The average molecular weight is 365 g/mol. The van der Waals surface area contributed by atoms with Crippen molar-refractivity contribution in [2.75, 3.05) is 13.1 Å². The first-order valence-electron chi connectivity index (χ1n) is 7.38. The zero-order valence-electron chi connectivity index (χ0n) is 12.1. The fraction of sp³-hybridized carbons (Fsp3) is 0.333. The van der Waals surface area contributed by atoms with Gasteiger partial charge in [-0.2, -0.15) is 0 Å². The number of hydrogen-bond acceptors (Lipinski definition) is 1. The number of hydrogen-bond donors (Lipinski definition) is 1. The van der Waals surface area contributed by atoms with E-state index >= 15 is 0 Å². The maximum absolute atomic E-state index is 6.33. The molecule has 2 atom stereocenters. The summed E-state index contributed by atoms with van der Waals surface area (Å²) in [6.07, 6.45) is 1.14. The van der Waals surface area contributed by atoms with E-state index in [4.69, 9.17) is 11.6 Å². The summed E-state index contributed by atoms with van der Waals surface area (Å²) in [4.78, 5) is 0. The van der Waals surface area contributed by atoms with Gasteiger partial charge in [-0.3, -0.25) is 0 Å². The van der Waals surface area contributed by atoms with Crippen LogP contribution in [0.4, 0.5) is 0 Å². The molecule has 1 nitrogen and oxygen atoms in total. The van der Waals surface area contributed by atoms with E-state index in [2.05, 4.69) is 70.6 Å². The molecule has 0 bridgehead atoms. The van der Waals surface area contributed by atoms with Crippen LogP contribution in [-0.2, 0) is 0 Å². The van der Waals surface area contributed by atoms with E-state index in [1.165, 1.54) is 15.6 Å². The van der Waals surface area contributed by atoms with Crippen LogP contribution in [-0.4, -0.2) is 13.1 Å². The first-order chi connectivity index (χ1) is 10.2. The lowest BCUT2D eigenvalue weighted by Crippen LogP contribution is -2.34. The average Bonchev–Trinajstić information content (AvgIpc) is 2.51. The van der Waals surface area contributed by atoms with E-state index in [1.54, 1.807) is 0 Å². The number of nitrogens with one attached hydrogen (secondary N) is 1. The zero-order valence-corrected chi connectivity index (χ0v) is 14.4. The monoisotopic (exact) mass is 363 g/mol. The lowest BCUT2D eigenvalue weighted by molar-refractivity contribution is 0.403. The van der Waals surface area contributed by atoms with Gasteiger partial charge in [0.15, 0.2) is 0 Å². The first-order valence-corrected chi connectivity index (χ1v) is 8.55. The number of aryl methyl sites for hydroxylation is 1. The van der Waals surface area contributed by atoms with Crippen LogP contribution in [0.25, 0.3) is 0 Å². The highest BCUT2D eigenvalue weighted by atomic mass is 79.9. The minimum atomic E-state index is 0.480. The molecule has 0 aromatic heterocycles. The van der Waals surface area contributed by atoms with Gasteiger partial charge in [0.05, 0.1) is 0 Å². The normalized spacial score (nSPS) is 22.2. The van der Waals surface area contributed by atoms with E-state index in [1.807, 2.05) is 0 Å². The molecule has 2 unspecified atom stereocenters. The zero-order chi connectivity index (χ0) is 14.8. The van der Waals surface area contributed by atoms with Gasteiger partial charge < -0.3 is 5.32 Å². The molecule has 3 rings (SSSR count). The molecule has 2 aromatic carbocycles. The Morgan fingerprint density at radius 1 is 1.14 bits per heavy atom. The highest BCUT2D eigenvalue weighted by Gasteiger charge is 2.29. The van der Waals surface area contributed by atoms with Crippen molar-refractivity contribution in [1.29, 1.82) is 0 Å². The van der Waals surface area contributed by atoms with Crippen molar-refractivity contribution in [1.82, 2.24) is 5.32 Å². The van der Waals surface area contributed by atoms with Crippen LogP contribution in [0.5, 0.6) is 0 Å². The number of benzene rings is 2. The third-order valence-electron chi connectivity index (χ3n) is 4.41. The SMILES string of the molecule is Cc1ccc(C2CCNCC2c2ccccc2Br)cc1Cl. The van der Waals surface area contributed by atoms with Crippen molar-refractivity contribution in [2.45, 2.75) is 25.2 Å². The Bertz CT molecular complexity index is 641. The summed E-state index contributed by atoms with van der Waals surface area (Å²) in [7, 11) is 0. The van der Waals surface area contributed by atoms with Crippen molar-refractivity contribution < 1.29 is 0 Å². The van der Waals surface area contributed by atoms with E-state index in [9.17, 15) is 0 Å². The number of piperidine rings is 1. The van der Waals surface area contributed by atoms with Crippen molar-refractivity contribution in [3.8, 4) is 0 Å². The minimum absolute atomic E-state index is 0.480. The minimum Gasteiger partial charge on any atom is -0.316 e. The molecular formula is C18H19BrClN. The Labute approximate surface area is 139 Å². The van der Waals surface area contributed by atoms with Crippen LogP contribution in [0.15, 0.2) is 46.9 Å². The summed E-state index contributed by atoms with van der Waals surface area (Å²) in [5, 5.41) is 4.40. The number of rotatable bonds is 2. The summed E-state index contributed by atoms with van der Waals surface area (Å²) in [5.74, 6) is 0.996. The van der Waals surface area contributed by atoms with Gasteiger partial charge in [0, 0.05) is 22.0 Å². The molecule has 3 heteroatoms. The second-order valence-electron chi connectivity index (χ2n) is 5.74. The van der Waals surface area contributed by atoms with E-state index in [0.717, 1.165) is 30.1 Å². The third kappa shape index (κ3) is 3.18. The standard InChI is InChI=1S/C18H19BrClN/c1-12-6-7-13(10-18(12)20)14-8-9-21-11-16(14)15-4-2-3-5-17(15)19/h2-7,10,14,16,21H,8-9,11H2,1H3. The molecule has 110 valence electrons. The fourth-order valence-corrected chi connectivity index (χ4v) is 3.97. The molecule has 0 radical (unpaired) electrons. The van der Waals surface area contributed by atoms with Crippen molar-refractivity contribution >= 4 is 27.5 Å². The second kappa shape index (κ2) is 6.51. The molecule has 1 aliphatic rings. The highest BCUT2D eigenvalue weighted by molar-refractivity contribution is 9.10. The molecule has 1 heterocycles. The van der Waals surface area contributed by atoms with Crippen LogP contribution in [0.1, 0.15) is 34.9 Å². The smallest absolute Gasteiger partial charge is 0.0438 e. The van der Waals surface area contributed by atoms with Gasteiger partial charge in [-0.05, 0) is 54.6 Å². The maximum atomic E-state index is 6.33. The predicted molar refractivity (Wildman–Crippen MR) is 93.3 cm³/mol. The molecule has 1 aliphatic heterocycles. The van der Waals surface area contributed by atoms with Crippen LogP contribution >= 0.6 is 27.5 Å². The van der Waals surface area contributed by atoms with Crippen LogP contribution < -0.4 is 5.32 Å². The van der Waals surface area contributed by atoms with Crippen molar-refractivity contribution in [3.05, 3.63) is 68.7 Å². The van der Waals surface area contributed by atoms with E-state index in [0.29, 0.717) is 11.8 Å². The predicted octanol–water partition coefficient (Wildman–Crippen LogP) is 5.27. The Morgan fingerprint density at radius 3 is 2.71 bits per heavy atom. The Hall–Kier alpha value is -0.830. The van der Waals surface area contributed by atoms with Crippen LogP contribution in [0, 0.1) is 6.92 Å². The van der Waals surface area contributed by atoms with Crippen LogP contribution in [0.3, 0.4) is 0 Å². The van der Waals surface area contributed by atoms with E-state index in [-0.39, 0.29) is 0 Å². The molecule has 2 aromatic rings. The molecule has 0 spiro atoms. The Kier molecular flexibility index (Phi) is 4.68. The quantitative estimate of drug-likeness (QED) is 0.765. The van der Waals surface area contributed by atoms with Gasteiger partial charge in [-0.15, -0.1) is 0 Å². The highest BCUT2D eigenvalue weighted by Crippen LogP contribution is 2.40. The Morgan fingerprint density at radius 2 is 1.95 bits per heavy atom. The van der Waals surface area contributed by atoms with Crippen molar-refractivity contribution in [2.24, 2.45) is 0 Å². The molecule has 21 heavy (non-hydrogen) atoms. The fourth-order valence-electron chi connectivity index (χ4n) is 3.20. The summed E-state index contributed by atoms with van der Waals surface area (Å²) < 4.78 is 1.20. The molecular weight excluding hydrogens is 346 g/mol. The Balaban J connectivity index is 1.98. The third-order valence-corrected chi connectivity index (χ3v) is 5.54. The lowest BCUT2D eigenvalue weighted by atomic mass is 9.77. The van der Waals surface area contributed by atoms with Gasteiger partial charge >= 0.3 is 0 Å². The van der Waals surface area contributed by atoms with Crippen molar-refractivity contribution in [3.63, 3.8) is 0 Å². The van der Waals surface area contributed by atoms with Gasteiger partial charge in [0.2, 0.25) is 0 Å². The first kappa shape index (κ1) is 15.1. The summed E-state index contributed by atoms with van der Waals surface area (Å²) in [5.41, 5.74) is 3.88. The van der Waals surface area contributed by atoms with Gasteiger partial charge in [-0.25, -0.2) is 0 Å². The molecule has 0 aliphatic carbocycles.